The van der Waals surface area contributed by atoms with E-state index >= 15 is 4.39 Å². The van der Waals surface area contributed by atoms with Crippen molar-refractivity contribution in [2.45, 2.75) is 37.7 Å². The lowest BCUT2D eigenvalue weighted by Gasteiger charge is -2.20. The smallest absolute Gasteiger partial charge is 0.356 e. The van der Waals surface area contributed by atoms with Crippen LogP contribution in [0, 0.1) is 0 Å². The third-order valence-corrected chi connectivity index (χ3v) is 5.47. The summed E-state index contributed by atoms with van der Waals surface area (Å²) in [4.78, 5) is 16.0. The molecule has 0 spiro atoms. The SMILES string of the molecule is COC(=O)c1cc([C@@H]2O[C@H](COCc3ccccc3)[C@@H](F)[C@H]2OCc2ccccc2)ccn1. The number of aromatic nitrogens is 1. The second-order valence-electron chi connectivity index (χ2n) is 7.77. The molecule has 33 heavy (non-hydrogen) atoms. The molecule has 172 valence electrons. The second-order valence-corrected chi connectivity index (χ2v) is 7.77. The van der Waals surface area contributed by atoms with Gasteiger partial charge in [0, 0.05) is 6.20 Å². The zero-order valence-corrected chi connectivity index (χ0v) is 18.3. The first kappa shape index (κ1) is 23.0. The van der Waals surface area contributed by atoms with E-state index in [1.54, 1.807) is 12.1 Å². The summed E-state index contributed by atoms with van der Waals surface area (Å²) in [7, 11) is 1.28. The van der Waals surface area contributed by atoms with Crippen LogP contribution in [0.25, 0.3) is 0 Å². The molecule has 3 aromatic rings. The van der Waals surface area contributed by atoms with E-state index in [1.807, 2.05) is 60.7 Å². The molecule has 1 saturated heterocycles. The predicted molar refractivity (Wildman–Crippen MR) is 119 cm³/mol. The molecule has 2 heterocycles. The molecule has 0 saturated carbocycles. The number of carbonyl (C=O) groups excluding carboxylic acids is 1. The van der Waals surface area contributed by atoms with Crippen molar-refractivity contribution in [1.29, 1.82) is 0 Å². The second kappa shape index (κ2) is 11.1. The number of carbonyl (C=O) groups is 1. The highest BCUT2D eigenvalue weighted by molar-refractivity contribution is 5.87. The van der Waals surface area contributed by atoms with Crippen LogP contribution in [-0.4, -0.2) is 43.0 Å². The molecule has 0 unspecified atom stereocenters. The minimum Gasteiger partial charge on any atom is -0.464 e. The van der Waals surface area contributed by atoms with Crippen LogP contribution in [0.5, 0.6) is 0 Å². The Kier molecular flexibility index (Phi) is 7.78. The molecule has 4 rings (SSSR count). The van der Waals surface area contributed by atoms with Crippen LogP contribution in [0.1, 0.15) is 33.3 Å². The van der Waals surface area contributed by atoms with E-state index in [1.165, 1.54) is 13.3 Å². The molecule has 1 aliphatic heterocycles. The van der Waals surface area contributed by atoms with Crippen LogP contribution < -0.4 is 0 Å². The lowest BCUT2D eigenvalue weighted by atomic mass is 10.0. The van der Waals surface area contributed by atoms with E-state index in [0.29, 0.717) is 12.2 Å². The number of ether oxygens (including phenoxy) is 4. The van der Waals surface area contributed by atoms with Gasteiger partial charge in [-0.15, -0.1) is 0 Å². The Hall–Kier alpha value is -3.13. The topological polar surface area (TPSA) is 66.9 Å². The Morgan fingerprint density at radius 1 is 1.00 bits per heavy atom. The van der Waals surface area contributed by atoms with E-state index in [2.05, 4.69) is 4.98 Å². The number of pyridine rings is 1. The van der Waals surface area contributed by atoms with Crippen molar-refractivity contribution in [1.82, 2.24) is 4.98 Å². The van der Waals surface area contributed by atoms with Crippen molar-refractivity contribution in [2.75, 3.05) is 13.7 Å². The van der Waals surface area contributed by atoms with Crippen LogP contribution in [0.2, 0.25) is 0 Å². The summed E-state index contributed by atoms with van der Waals surface area (Å²) < 4.78 is 38.1. The third kappa shape index (κ3) is 5.82. The number of nitrogens with zero attached hydrogens (tertiary/aromatic N) is 1. The Balaban J connectivity index is 1.49. The lowest BCUT2D eigenvalue weighted by Crippen LogP contribution is -2.31. The first-order valence-corrected chi connectivity index (χ1v) is 10.8. The largest absolute Gasteiger partial charge is 0.464 e. The fourth-order valence-electron chi connectivity index (χ4n) is 3.77. The Bertz CT molecular complexity index is 1030. The normalized spacial score (nSPS) is 22.2. The average molecular weight is 451 g/mol. The van der Waals surface area contributed by atoms with E-state index in [0.717, 1.165) is 11.1 Å². The van der Waals surface area contributed by atoms with E-state index in [9.17, 15) is 4.79 Å². The molecule has 0 N–H and O–H groups in total. The maximum absolute atomic E-state index is 15.5. The summed E-state index contributed by atoms with van der Waals surface area (Å²) in [5.41, 5.74) is 2.64. The number of alkyl halides is 1. The summed E-state index contributed by atoms with van der Waals surface area (Å²) in [5, 5.41) is 0. The van der Waals surface area contributed by atoms with Gasteiger partial charge < -0.3 is 18.9 Å². The van der Waals surface area contributed by atoms with Gasteiger partial charge in [0.2, 0.25) is 0 Å². The molecular formula is C26H26FNO5. The first-order valence-electron chi connectivity index (χ1n) is 10.8. The quantitative estimate of drug-likeness (QED) is 0.448. The zero-order valence-electron chi connectivity index (χ0n) is 18.3. The summed E-state index contributed by atoms with van der Waals surface area (Å²) in [6.45, 7) is 0.667. The van der Waals surface area contributed by atoms with E-state index in [-0.39, 0.29) is 18.9 Å². The van der Waals surface area contributed by atoms with Crippen molar-refractivity contribution in [3.63, 3.8) is 0 Å². The van der Waals surface area contributed by atoms with Gasteiger partial charge in [-0.3, -0.25) is 0 Å². The first-order chi connectivity index (χ1) is 16.2. The fourth-order valence-corrected chi connectivity index (χ4v) is 3.77. The van der Waals surface area contributed by atoms with Crippen molar-refractivity contribution in [3.05, 3.63) is 101 Å². The highest BCUT2D eigenvalue weighted by Crippen LogP contribution is 2.38. The van der Waals surface area contributed by atoms with Gasteiger partial charge in [-0.1, -0.05) is 60.7 Å². The molecule has 1 aliphatic rings. The zero-order chi connectivity index (χ0) is 23.0. The monoisotopic (exact) mass is 451 g/mol. The number of rotatable bonds is 9. The number of halogens is 1. The molecule has 0 bridgehead atoms. The van der Waals surface area contributed by atoms with Crippen LogP contribution in [0.3, 0.4) is 0 Å². The molecular weight excluding hydrogens is 425 g/mol. The van der Waals surface area contributed by atoms with Gasteiger partial charge in [-0.2, -0.15) is 0 Å². The molecule has 7 heteroatoms. The van der Waals surface area contributed by atoms with Crippen LogP contribution in [0.4, 0.5) is 4.39 Å². The molecule has 2 aromatic carbocycles. The minimum absolute atomic E-state index is 0.0761. The third-order valence-electron chi connectivity index (χ3n) is 5.47. The summed E-state index contributed by atoms with van der Waals surface area (Å²) in [5.74, 6) is -0.573. The van der Waals surface area contributed by atoms with Gasteiger partial charge in [0.1, 0.15) is 24.0 Å². The van der Waals surface area contributed by atoms with Crippen LogP contribution in [0.15, 0.2) is 79.0 Å². The van der Waals surface area contributed by atoms with Gasteiger partial charge in [-0.25, -0.2) is 14.2 Å². The van der Waals surface area contributed by atoms with E-state index < -0.39 is 30.5 Å². The van der Waals surface area contributed by atoms with Gasteiger partial charge in [0.15, 0.2) is 6.17 Å². The molecule has 6 nitrogen and oxygen atoms in total. The maximum atomic E-state index is 15.5. The number of methoxy groups -OCH3 is 1. The average Bonchev–Trinajstić information content (AvgIpc) is 3.18. The standard InChI is InChI=1S/C26H26FNO5/c1-30-26(29)21-14-20(12-13-28-21)24-25(32-16-19-10-6-3-7-11-19)23(27)22(33-24)17-31-15-18-8-4-2-5-9-18/h2-14,22-25H,15-17H2,1H3/t22-,23-,24+,25-/m1/s1. The Morgan fingerprint density at radius 3 is 2.33 bits per heavy atom. The van der Waals surface area contributed by atoms with Gasteiger partial charge in [0.05, 0.1) is 26.9 Å². The summed E-state index contributed by atoms with van der Waals surface area (Å²) in [6, 6.07) is 22.5. The van der Waals surface area contributed by atoms with Crippen molar-refractivity contribution in [2.24, 2.45) is 0 Å². The molecule has 0 radical (unpaired) electrons. The molecule has 0 amide bonds. The number of hydrogen-bond donors (Lipinski definition) is 0. The molecule has 1 aromatic heterocycles. The fraction of sp³-hybridized carbons (Fsp3) is 0.308. The van der Waals surface area contributed by atoms with Crippen LogP contribution >= 0.6 is 0 Å². The van der Waals surface area contributed by atoms with Gasteiger partial charge in [0.25, 0.3) is 0 Å². The van der Waals surface area contributed by atoms with Crippen LogP contribution in [-0.2, 0) is 32.2 Å². The Labute approximate surface area is 192 Å². The van der Waals surface area contributed by atoms with E-state index in [4.69, 9.17) is 18.9 Å². The summed E-state index contributed by atoms with van der Waals surface area (Å²) >= 11 is 0. The predicted octanol–water partition coefficient (Wildman–Crippen LogP) is 4.45. The Morgan fingerprint density at radius 2 is 1.67 bits per heavy atom. The highest BCUT2D eigenvalue weighted by atomic mass is 19.1. The highest BCUT2D eigenvalue weighted by Gasteiger charge is 2.47. The molecule has 4 atom stereocenters. The lowest BCUT2D eigenvalue weighted by molar-refractivity contribution is -0.0489. The maximum Gasteiger partial charge on any atom is 0.356 e. The van der Waals surface area contributed by atoms with Gasteiger partial charge in [-0.05, 0) is 28.8 Å². The van der Waals surface area contributed by atoms with Gasteiger partial charge >= 0.3 is 5.97 Å². The number of benzene rings is 2. The van der Waals surface area contributed by atoms with Crippen molar-refractivity contribution >= 4 is 5.97 Å². The van der Waals surface area contributed by atoms with Crippen molar-refractivity contribution in [3.8, 4) is 0 Å². The molecule has 1 fully saturated rings. The number of hydrogen-bond acceptors (Lipinski definition) is 6. The number of esters is 1. The summed E-state index contributed by atoms with van der Waals surface area (Å²) in [6.07, 6.45) is -2.34. The minimum atomic E-state index is -1.41. The molecule has 0 aliphatic carbocycles. The van der Waals surface area contributed by atoms with Crippen molar-refractivity contribution < 1.29 is 28.1 Å².